The van der Waals surface area contributed by atoms with Crippen LogP contribution in [0, 0.1) is 12.8 Å². The molecule has 1 aliphatic rings. The minimum Gasteiger partial charge on any atom is -0.391 e. The van der Waals surface area contributed by atoms with Crippen LogP contribution >= 0.6 is 0 Å². The molecule has 0 bridgehead atoms. The molecule has 2 atom stereocenters. The average molecular weight is 649 g/mol. The van der Waals surface area contributed by atoms with E-state index in [4.69, 9.17) is 14.2 Å². The van der Waals surface area contributed by atoms with Gasteiger partial charge < -0.3 is 14.2 Å². The molecule has 0 radical (unpaired) electrons. The fourth-order valence-electron chi connectivity index (χ4n) is 5.19. The van der Waals surface area contributed by atoms with Crippen molar-refractivity contribution in [2.24, 2.45) is 5.92 Å². The maximum absolute atomic E-state index is 13.5. The molecule has 3 rings (SSSR count). The Morgan fingerprint density at radius 3 is 2.29 bits per heavy atom. The van der Waals surface area contributed by atoms with E-state index in [-0.39, 0.29) is 29.3 Å². The normalized spacial score (nSPS) is 15.7. The Bertz CT molecular complexity index is 1430. The van der Waals surface area contributed by atoms with Crippen LogP contribution in [0.3, 0.4) is 0 Å². The first kappa shape index (κ1) is 36.0. The molecule has 2 amide bonds. The zero-order valence-corrected chi connectivity index (χ0v) is 27.4. The molecule has 1 fully saturated rings. The molecule has 248 valence electrons. The Hall–Kier alpha value is -3.46. The fraction of sp³-hybridized carbons (Fsp3) is 0.581. The fourth-order valence-corrected chi connectivity index (χ4v) is 6.35. The third-order valence-electron chi connectivity index (χ3n) is 7.95. The Morgan fingerprint density at radius 2 is 1.69 bits per heavy atom. The van der Waals surface area contributed by atoms with Gasteiger partial charge in [-0.25, -0.2) is 22.2 Å². The summed E-state index contributed by atoms with van der Waals surface area (Å²) in [6, 6.07) is 4.05. The summed E-state index contributed by atoms with van der Waals surface area (Å²) in [7, 11) is -1.48. The van der Waals surface area contributed by atoms with E-state index in [1.54, 1.807) is 19.1 Å². The van der Waals surface area contributed by atoms with Gasteiger partial charge >= 0.3 is 12.1 Å². The number of benzene rings is 1. The van der Waals surface area contributed by atoms with Crippen LogP contribution in [0.4, 0.5) is 4.79 Å². The van der Waals surface area contributed by atoms with Crippen LogP contribution in [-0.2, 0) is 45.0 Å². The summed E-state index contributed by atoms with van der Waals surface area (Å²) in [5.41, 5.74) is 1.08. The first-order valence-corrected chi connectivity index (χ1v) is 16.6. The van der Waals surface area contributed by atoms with Gasteiger partial charge in [-0.15, -0.1) is 0 Å². The zero-order chi connectivity index (χ0) is 33.2. The number of amides is 2. The van der Waals surface area contributed by atoms with Crippen LogP contribution < -0.4 is 10.6 Å². The summed E-state index contributed by atoms with van der Waals surface area (Å²) in [5, 5.41) is 5.14. The molecule has 1 aromatic heterocycles. The van der Waals surface area contributed by atoms with E-state index < -0.39 is 51.6 Å². The van der Waals surface area contributed by atoms with Crippen molar-refractivity contribution in [3.8, 4) is 0 Å². The van der Waals surface area contributed by atoms with E-state index >= 15 is 0 Å². The molecular weight excluding hydrogens is 604 g/mol. The molecule has 14 heteroatoms. The summed E-state index contributed by atoms with van der Waals surface area (Å²) in [5.74, 6) is -3.67. The number of imidazole rings is 1. The van der Waals surface area contributed by atoms with Crippen LogP contribution in [0.1, 0.15) is 76.5 Å². The summed E-state index contributed by atoms with van der Waals surface area (Å²) in [4.78, 5) is 56.5. The highest BCUT2D eigenvalue weighted by molar-refractivity contribution is 7.90. The number of methoxy groups -OCH3 is 2. The van der Waals surface area contributed by atoms with Crippen molar-refractivity contribution in [3.63, 3.8) is 0 Å². The largest absolute Gasteiger partial charge is 0.418 e. The van der Waals surface area contributed by atoms with Gasteiger partial charge in [0.1, 0.15) is 6.33 Å². The second kappa shape index (κ2) is 16.2. The molecular formula is C31H44N4O9S. The second-order valence-corrected chi connectivity index (χ2v) is 13.3. The van der Waals surface area contributed by atoms with Gasteiger partial charge in [0.2, 0.25) is 11.7 Å². The molecule has 0 spiro atoms. The monoisotopic (exact) mass is 648 g/mol. The van der Waals surface area contributed by atoms with E-state index in [1.807, 2.05) is 6.92 Å². The Labute approximate surface area is 264 Å². The molecule has 2 N–H and O–H groups in total. The number of ether oxygens (including phenoxy) is 3. The molecule has 1 aliphatic carbocycles. The topological polar surface area (TPSA) is 172 Å². The summed E-state index contributed by atoms with van der Waals surface area (Å²) in [6.07, 6.45) is 6.79. The van der Waals surface area contributed by atoms with Crippen molar-refractivity contribution in [2.75, 3.05) is 14.2 Å². The molecule has 0 unspecified atom stereocenters. The predicted octanol–water partition coefficient (Wildman–Crippen LogP) is 3.43. The highest BCUT2D eigenvalue weighted by atomic mass is 32.2. The number of imide groups is 1. The van der Waals surface area contributed by atoms with E-state index in [0.717, 1.165) is 48.0 Å². The Morgan fingerprint density at radius 1 is 1.04 bits per heavy atom. The SMILES string of the molecule is CCCC(=O)C(=O)[C@H](CC1CCCCC1)N[C@@H](Cc1cn(S(=O)(=O)c2ccc(C)cc2)cn1)C(=O)NC(=O)OC(C)(OC)OC. The van der Waals surface area contributed by atoms with Gasteiger partial charge in [-0.1, -0.05) is 56.7 Å². The van der Waals surface area contributed by atoms with Gasteiger partial charge in [-0.05, 0) is 37.8 Å². The van der Waals surface area contributed by atoms with Gasteiger partial charge in [0.05, 0.1) is 22.7 Å². The van der Waals surface area contributed by atoms with E-state index in [0.29, 0.717) is 12.8 Å². The molecule has 1 aromatic carbocycles. The molecule has 45 heavy (non-hydrogen) atoms. The Balaban J connectivity index is 1.91. The minimum absolute atomic E-state index is 0.0547. The summed E-state index contributed by atoms with van der Waals surface area (Å²) >= 11 is 0. The second-order valence-electron chi connectivity index (χ2n) is 11.4. The number of ketones is 2. The van der Waals surface area contributed by atoms with E-state index in [9.17, 15) is 27.6 Å². The van der Waals surface area contributed by atoms with Crippen molar-refractivity contribution in [1.29, 1.82) is 0 Å². The van der Waals surface area contributed by atoms with Gasteiger partial charge in [0, 0.05) is 40.2 Å². The number of aryl methyl sites for hydroxylation is 1. The Kier molecular flexibility index (Phi) is 13.0. The zero-order valence-electron chi connectivity index (χ0n) is 26.5. The van der Waals surface area contributed by atoms with Crippen LogP contribution in [0.15, 0.2) is 41.7 Å². The van der Waals surface area contributed by atoms with E-state index in [1.165, 1.54) is 39.5 Å². The van der Waals surface area contributed by atoms with Gasteiger partial charge in [0.25, 0.3) is 10.0 Å². The smallest absolute Gasteiger partial charge is 0.391 e. The lowest BCUT2D eigenvalue weighted by molar-refractivity contribution is -0.322. The quantitative estimate of drug-likeness (QED) is 0.202. The number of aromatic nitrogens is 2. The van der Waals surface area contributed by atoms with Crippen molar-refractivity contribution < 1.29 is 41.8 Å². The number of carbonyl (C=O) groups is 4. The first-order chi connectivity index (χ1) is 21.3. The highest BCUT2D eigenvalue weighted by Crippen LogP contribution is 2.28. The van der Waals surface area contributed by atoms with Crippen molar-refractivity contribution in [1.82, 2.24) is 19.6 Å². The standard InChI is InChI=1S/C31H44N4O9S/c1-6-10-27(36)28(37)25(17-22-11-8-7-9-12-22)33-26(29(38)34-30(39)44-31(3,42-4)43-5)18-23-19-35(20-32-23)45(40,41)24-15-13-21(2)14-16-24/h13-16,19-20,22,25-26,33H,6-12,17-18H2,1-5H3,(H,34,38,39)/t25-,26-/m0/s1. The minimum atomic E-state index is -3.98. The number of nitrogens with zero attached hydrogens (tertiary/aromatic N) is 2. The van der Waals surface area contributed by atoms with Crippen molar-refractivity contribution in [3.05, 3.63) is 48.0 Å². The summed E-state index contributed by atoms with van der Waals surface area (Å²) in [6.45, 7) is 4.96. The van der Waals surface area contributed by atoms with Crippen LogP contribution in [0.25, 0.3) is 0 Å². The maximum atomic E-state index is 13.5. The molecule has 13 nitrogen and oxygen atoms in total. The van der Waals surface area contributed by atoms with Gasteiger partial charge in [-0.2, -0.15) is 0 Å². The highest BCUT2D eigenvalue weighted by Gasteiger charge is 2.35. The van der Waals surface area contributed by atoms with Gasteiger partial charge in [-0.3, -0.25) is 25.0 Å². The third kappa shape index (κ3) is 10.0. The number of Topliss-reactive ketones (excluding diaryl/α,β-unsaturated/α-hetero) is 2. The molecule has 1 saturated carbocycles. The number of alkyl carbamates (subject to hydrolysis) is 1. The third-order valence-corrected chi connectivity index (χ3v) is 9.57. The number of carbonyl (C=O) groups excluding carboxylic acids is 4. The molecule has 0 aliphatic heterocycles. The summed E-state index contributed by atoms with van der Waals surface area (Å²) < 4.78 is 42.5. The van der Waals surface area contributed by atoms with Crippen molar-refractivity contribution >= 4 is 33.6 Å². The lowest BCUT2D eigenvalue weighted by atomic mass is 9.83. The number of nitrogens with one attached hydrogen (secondary N) is 2. The lowest BCUT2D eigenvalue weighted by Gasteiger charge is -2.29. The van der Waals surface area contributed by atoms with E-state index in [2.05, 4.69) is 15.6 Å². The molecule has 0 saturated heterocycles. The number of rotatable bonds is 16. The van der Waals surface area contributed by atoms with Crippen molar-refractivity contribution in [2.45, 2.75) is 102 Å². The van der Waals surface area contributed by atoms with Crippen LogP contribution in [0.2, 0.25) is 0 Å². The van der Waals surface area contributed by atoms with Crippen LogP contribution in [-0.4, -0.2) is 73.2 Å². The van der Waals surface area contributed by atoms with Crippen LogP contribution in [0.5, 0.6) is 0 Å². The average Bonchev–Trinajstić information content (AvgIpc) is 3.50. The van der Waals surface area contributed by atoms with Gasteiger partial charge in [0.15, 0.2) is 5.78 Å². The first-order valence-electron chi connectivity index (χ1n) is 15.1. The number of hydrogen-bond donors (Lipinski definition) is 2. The molecule has 2 aromatic rings. The lowest BCUT2D eigenvalue weighted by Crippen LogP contribution is -2.55. The predicted molar refractivity (Wildman–Crippen MR) is 164 cm³/mol. The molecule has 1 heterocycles. The maximum Gasteiger partial charge on any atom is 0.418 e. The number of hydrogen-bond acceptors (Lipinski definition) is 11.